The zero-order valence-corrected chi connectivity index (χ0v) is 19.8. The molecule has 2 amide bonds. The third-order valence-corrected chi connectivity index (χ3v) is 5.83. The van der Waals surface area contributed by atoms with Crippen LogP contribution in [0.3, 0.4) is 0 Å². The Hall–Kier alpha value is -3.93. The summed E-state index contributed by atoms with van der Waals surface area (Å²) in [5.74, 6) is -1.00. The number of hydrazine groups is 1. The molecule has 34 heavy (non-hydrogen) atoms. The Kier molecular flexibility index (Phi) is 8.19. The van der Waals surface area contributed by atoms with E-state index in [9.17, 15) is 19.2 Å². The number of nitrogens with zero attached hydrogens (tertiary/aromatic N) is 3. The Balaban J connectivity index is 1.74. The number of carbonyl (C=O) groups excluding carboxylic acids is 2. The minimum atomic E-state index is -0.684. The lowest BCUT2D eigenvalue weighted by Crippen LogP contribution is -2.48. The van der Waals surface area contributed by atoms with Gasteiger partial charge in [0.2, 0.25) is 5.91 Å². The first-order chi connectivity index (χ1) is 16.3. The van der Waals surface area contributed by atoms with Crippen LogP contribution in [0.4, 0.5) is 11.5 Å². The Morgan fingerprint density at radius 3 is 2.53 bits per heavy atom. The van der Waals surface area contributed by atoms with Crippen molar-refractivity contribution in [1.29, 1.82) is 0 Å². The summed E-state index contributed by atoms with van der Waals surface area (Å²) in [6, 6.07) is 9.20. The number of aryl methyl sites for hydroxylation is 1. The lowest BCUT2D eigenvalue weighted by molar-refractivity contribution is -0.127. The first kappa shape index (κ1) is 24.7. The molecule has 0 unspecified atom stereocenters. The van der Waals surface area contributed by atoms with Gasteiger partial charge in [-0.3, -0.25) is 34.8 Å². The summed E-state index contributed by atoms with van der Waals surface area (Å²) >= 11 is 1.36. The number of aromatic amines is 1. The molecule has 0 aliphatic rings. The molecular weight excluding hydrogens is 458 g/mol. The Bertz CT molecular complexity index is 1270. The zero-order chi connectivity index (χ0) is 24.7. The van der Waals surface area contributed by atoms with Crippen molar-refractivity contribution >= 4 is 34.7 Å². The molecule has 0 spiro atoms. The summed E-state index contributed by atoms with van der Waals surface area (Å²) in [5.41, 5.74) is 11.3. The number of H-pyrrole nitrogens is 1. The molecule has 5 N–H and O–H groups in total. The summed E-state index contributed by atoms with van der Waals surface area (Å²) < 4.78 is 1.25. The maximum absolute atomic E-state index is 12.6. The van der Waals surface area contributed by atoms with Gasteiger partial charge >= 0.3 is 5.69 Å². The lowest BCUT2D eigenvalue weighted by Gasteiger charge is -2.25. The number of anilines is 2. The maximum Gasteiger partial charge on any atom is 0.330 e. The van der Waals surface area contributed by atoms with Gasteiger partial charge in [-0.15, -0.1) is 11.3 Å². The highest BCUT2D eigenvalue weighted by atomic mass is 32.1. The Labute approximate surface area is 199 Å². The lowest BCUT2D eigenvalue weighted by atomic mass is 10.2. The van der Waals surface area contributed by atoms with Gasteiger partial charge in [-0.2, -0.15) is 0 Å². The number of hydrogen-bond acceptors (Lipinski definition) is 8. The van der Waals surface area contributed by atoms with Gasteiger partial charge in [-0.25, -0.2) is 9.78 Å². The highest BCUT2D eigenvalue weighted by Crippen LogP contribution is 2.18. The predicted molar refractivity (Wildman–Crippen MR) is 131 cm³/mol. The molecule has 12 heteroatoms. The van der Waals surface area contributed by atoms with Gasteiger partial charge in [-0.05, 0) is 18.9 Å². The van der Waals surface area contributed by atoms with E-state index in [1.165, 1.54) is 20.8 Å². The molecule has 0 fully saturated rings. The van der Waals surface area contributed by atoms with E-state index in [-0.39, 0.29) is 31.0 Å². The van der Waals surface area contributed by atoms with Crippen molar-refractivity contribution < 1.29 is 9.59 Å². The second-order valence-corrected chi connectivity index (χ2v) is 8.58. The molecule has 11 nitrogen and oxygen atoms in total. The van der Waals surface area contributed by atoms with E-state index < -0.39 is 23.1 Å². The molecule has 1 aromatic carbocycles. The number of carbonyl (C=O) groups is 2. The summed E-state index contributed by atoms with van der Waals surface area (Å²) in [7, 11) is 0. The predicted octanol–water partition coefficient (Wildman–Crippen LogP) is 0.539. The van der Waals surface area contributed by atoms with Crippen LogP contribution in [0.5, 0.6) is 0 Å². The number of benzene rings is 1. The fraction of sp³-hybridized carbons (Fsp3) is 0.318. The molecule has 3 aromatic rings. The Morgan fingerprint density at radius 2 is 1.88 bits per heavy atom. The molecule has 0 bridgehead atoms. The van der Waals surface area contributed by atoms with Crippen LogP contribution in [-0.2, 0) is 22.6 Å². The largest absolute Gasteiger partial charge is 0.383 e. The first-order valence-electron chi connectivity index (χ1n) is 10.7. The SMILES string of the molecule is CCCN(CC(=O)NNC(=O)Cc1nc(C)cs1)c1c(N)n(Cc2ccccc2)c(=O)[nH]c1=O. The monoisotopic (exact) mass is 485 g/mol. The van der Waals surface area contributed by atoms with Crippen LogP contribution in [-0.4, -0.2) is 39.4 Å². The number of aromatic nitrogens is 3. The van der Waals surface area contributed by atoms with Crippen LogP contribution < -0.4 is 32.7 Å². The third-order valence-electron chi connectivity index (χ3n) is 4.86. The van der Waals surface area contributed by atoms with Crippen LogP contribution in [0, 0.1) is 6.92 Å². The van der Waals surface area contributed by atoms with E-state index >= 15 is 0 Å². The topological polar surface area (TPSA) is 155 Å². The minimum Gasteiger partial charge on any atom is -0.383 e. The normalized spacial score (nSPS) is 10.6. The molecule has 0 saturated carbocycles. The number of thiazole rings is 1. The van der Waals surface area contributed by atoms with Crippen molar-refractivity contribution in [2.75, 3.05) is 23.7 Å². The maximum atomic E-state index is 12.6. The van der Waals surface area contributed by atoms with E-state index in [1.54, 1.807) is 0 Å². The Morgan fingerprint density at radius 1 is 1.18 bits per heavy atom. The second kappa shape index (κ2) is 11.3. The summed E-state index contributed by atoms with van der Waals surface area (Å²) in [5, 5.41) is 2.47. The van der Waals surface area contributed by atoms with E-state index in [1.807, 2.05) is 49.6 Å². The molecule has 2 aromatic heterocycles. The number of hydrogen-bond donors (Lipinski definition) is 4. The standard InChI is InChI=1S/C22H27N7O4S/c1-3-9-28(12-17(31)27-26-16(30)10-18-24-14(2)13-34-18)19-20(23)29(22(33)25-21(19)32)11-15-7-5-4-6-8-15/h4-8,13H,3,9-12,23H2,1-2H3,(H,26,30)(H,27,31)(H,25,32,33). The van der Waals surface area contributed by atoms with Crippen molar-refractivity contribution in [2.45, 2.75) is 33.2 Å². The minimum absolute atomic E-state index is 0.0251. The van der Waals surface area contributed by atoms with Crippen molar-refractivity contribution in [3.63, 3.8) is 0 Å². The van der Waals surface area contributed by atoms with E-state index in [4.69, 9.17) is 5.73 Å². The summed E-state index contributed by atoms with van der Waals surface area (Å²) in [4.78, 5) is 57.7. The molecule has 3 rings (SSSR count). The zero-order valence-electron chi connectivity index (χ0n) is 19.0. The van der Waals surface area contributed by atoms with Crippen LogP contribution in [0.1, 0.15) is 29.6 Å². The molecule has 0 atom stereocenters. The van der Waals surface area contributed by atoms with Gasteiger partial charge in [0.1, 0.15) is 16.5 Å². The molecule has 180 valence electrons. The number of amides is 2. The van der Waals surface area contributed by atoms with Gasteiger partial charge < -0.3 is 10.6 Å². The van der Waals surface area contributed by atoms with Crippen LogP contribution in [0.2, 0.25) is 0 Å². The quantitative estimate of drug-likeness (QED) is 0.322. The molecule has 0 aliphatic heterocycles. The highest BCUT2D eigenvalue weighted by Gasteiger charge is 2.21. The van der Waals surface area contributed by atoms with Crippen molar-refractivity contribution in [3.05, 3.63) is 72.8 Å². The van der Waals surface area contributed by atoms with Crippen LogP contribution >= 0.6 is 11.3 Å². The molecule has 0 radical (unpaired) electrons. The van der Waals surface area contributed by atoms with Gasteiger partial charge in [-0.1, -0.05) is 37.3 Å². The first-order valence-corrected chi connectivity index (χ1v) is 11.6. The van der Waals surface area contributed by atoms with Gasteiger partial charge in [0.05, 0.1) is 19.5 Å². The van der Waals surface area contributed by atoms with Crippen molar-refractivity contribution in [1.82, 2.24) is 25.4 Å². The van der Waals surface area contributed by atoms with Gasteiger partial charge in [0.25, 0.3) is 11.5 Å². The number of nitrogen functional groups attached to an aromatic ring is 1. The summed E-state index contributed by atoms with van der Waals surface area (Å²) in [6.07, 6.45) is 0.647. The smallest absolute Gasteiger partial charge is 0.330 e. The highest BCUT2D eigenvalue weighted by molar-refractivity contribution is 7.09. The fourth-order valence-electron chi connectivity index (χ4n) is 3.36. The van der Waals surface area contributed by atoms with Gasteiger partial charge in [0, 0.05) is 17.6 Å². The third kappa shape index (κ3) is 6.32. The number of nitrogens with one attached hydrogen (secondary N) is 3. The molecule has 0 aliphatic carbocycles. The average Bonchev–Trinajstić information content (AvgIpc) is 3.20. The van der Waals surface area contributed by atoms with E-state index in [0.717, 1.165) is 11.3 Å². The fourth-order valence-corrected chi connectivity index (χ4v) is 4.13. The molecular formula is C22H27N7O4S. The molecule has 2 heterocycles. The second-order valence-electron chi connectivity index (χ2n) is 7.64. The average molecular weight is 486 g/mol. The van der Waals surface area contributed by atoms with Crippen molar-refractivity contribution in [3.8, 4) is 0 Å². The number of rotatable bonds is 9. The van der Waals surface area contributed by atoms with Crippen LogP contribution in [0.15, 0.2) is 45.3 Å². The van der Waals surface area contributed by atoms with Crippen molar-refractivity contribution in [2.24, 2.45) is 0 Å². The van der Waals surface area contributed by atoms with E-state index in [0.29, 0.717) is 18.0 Å². The summed E-state index contributed by atoms with van der Waals surface area (Å²) in [6.45, 7) is 3.96. The number of nitrogens with two attached hydrogens (primary N) is 1. The molecule has 0 saturated heterocycles. The van der Waals surface area contributed by atoms with Gasteiger partial charge in [0.15, 0.2) is 0 Å². The van der Waals surface area contributed by atoms with Crippen LogP contribution in [0.25, 0.3) is 0 Å². The van der Waals surface area contributed by atoms with E-state index in [2.05, 4.69) is 20.8 Å².